The summed E-state index contributed by atoms with van der Waals surface area (Å²) in [5.41, 5.74) is 0.769. The molecule has 0 aliphatic carbocycles. The molecule has 0 aliphatic rings. The Hall–Kier alpha value is -1.98. The quantitative estimate of drug-likeness (QED) is 0.904. The van der Waals surface area contributed by atoms with Crippen LogP contribution in [0.25, 0.3) is 0 Å². The number of carbonyl (C=O) groups excluding carboxylic acids is 2. The Morgan fingerprint density at radius 2 is 1.83 bits per heavy atom. The summed E-state index contributed by atoms with van der Waals surface area (Å²) in [7, 11) is 1.54. The van der Waals surface area contributed by atoms with Crippen LogP contribution in [0, 0.1) is 13.8 Å². The van der Waals surface area contributed by atoms with Gasteiger partial charge in [0.1, 0.15) is 11.5 Å². The molecule has 2 amide bonds. The van der Waals surface area contributed by atoms with Gasteiger partial charge in [-0.05, 0) is 32.0 Å². The number of nitrogens with one attached hydrogen (secondary N) is 1. The summed E-state index contributed by atoms with van der Waals surface area (Å²) in [6, 6.07) is 6.57. The number of hydrogen-bond acceptors (Lipinski definition) is 3. The second kappa shape index (κ2) is 7.06. The van der Waals surface area contributed by atoms with Crippen LogP contribution in [0.4, 0.5) is 5.69 Å². The number of likely N-dealkylation sites (N-methyl/N-ethyl adjacent to an activating group) is 1. The fourth-order valence-electron chi connectivity index (χ4n) is 2.13. The van der Waals surface area contributed by atoms with Crippen LogP contribution in [0.3, 0.4) is 0 Å². The number of anilines is 1. The lowest BCUT2D eigenvalue weighted by Crippen LogP contribution is -2.35. The molecule has 0 aliphatic heterocycles. The minimum atomic E-state index is -0.395. The van der Waals surface area contributed by atoms with Gasteiger partial charge in [0.25, 0.3) is 5.91 Å². The number of carbonyl (C=O) groups is 2. The molecule has 1 heterocycles. The van der Waals surface area contributed by atoms with Gasteiger partial charge in [-0.2, -0.15) is 0 Å². The lowest BCUT2D eigenvalue weighted by atomic mass is 10.2. The van der Waals surface area contributed by atoms with Crippen molar-refractivity contribution in [1.82, 2.24) is 4.90 Å². The number of hydrogen-bond donors (Lipinski definition) is 1. The van der Waals surface area contributed by atoms with Gasteiger partial charge < -0.3 is 14.6 Å². The number of furan rings is 1. The molecule has 2 rings (SSSR count). The molecule has 0 fully saturated rings. The number of benzene rings is 1. The first-order chi connectivity index (χ1) is 10.8. The van der Waals surface area contributed by atoms with Gasteiger partial charge >= 0.3 is 0 Å². The predicted molar refractivity (Wildman–Crippen MR) is 90.2 cm³/mol. The first-order valence-electron chi connectivity index (χ1n) is 6.86. The van der Waals surface area contributed by atoms with Crippen molar-refractivity contribution in [3.63, 3.8) is 0 Å². The molecule has 0 spiro atoms. The smallest absolute Gasteiger partial charge is 0.257 e. The summed E-state index contributed by atoms with van der Waals surface area (Å²) >= 11 is 12.0. The van der Waals surface area contributed by atoms with Crippen LogP contribution in [-0.2, 0) is 4.79 Å². The van der Waals surface area contributed by atoms with Crippen LogP contribution >= 0.6 is 23.2 Å². The summed E-state index contributed by atoms with van der Waals surface area (Å²) in [6.45, 7) is 3.33. The normalized spacial score (nSPS) is 10.5. The summed E-state index contributed by atoms with van der Waals surface area (Å²) in [5.74, 6) is 0.480. The Kier molecular flexibility index (Phi) is 5.34. The number of amides is 2. The van der Waals surface area contributed by atoms with Crippen LogP contribution in [0.2, 0.25) is 10.0 Å². The van der Waals surface area contributed by atoms with E-state index in [9.17, 15) is 9.59 Å². The zero-order valence-electron chi connectivity index (χ0n) is 12.9. The molecule has 122 valence electrons. The zero-order chi connectivity index (χ0) is 17.1. The number of halogens is 2. The molecule has 0 atom stereocenters. The third kappa shape index (κ3) is 4.06. The molecule has 23 heavy (non-hydrogen) atoms. The van der Waals surface area contributed by atoms with Crippen LogP contribution in [0.1, 0.15) is 21.9 Å². The number of rotatable bonds is 4. The molecule has 1 N–H and O–H groups in total. The van der Waals surface area contributed by atoms with Crippen molar-refractivity contribution in [2.24, 2.45) is 0 Å². The van der Waals surface area contributed by atoms with Gasteiger partial charge in [-0.15, -0.1) is 0 Å². The lowest BCUT2D eigenvalue weighted by molar-refractivity contribution is -0.116. The standard InChI is InChI=1S/C16H16Cl2N2O3/c1-9-7-11(10(2)23-9)16(22)20(3)8-14(21)19-15-12(17)5-4-6-13(15)18/h4-7H,8H2,1-3H3,(H,19,21). The van der Waals surface area contributed by atoms with Gasteiger partial charge in [-0.25, -0.2) is 0 Å². The van der Waals surface area contributed by atoms with Gasteiger partial charge in [0, 0.05) is 7.05 Å². The van der Waals surface area contributed by atoms with E-state index in [2.05, 4.69) is 5.32 Å². The van der Waals surface area contributed by atoms with E-state index in [1.165, 1.54) is 11.9 Å². The molecule has 1 aromatic heterocycles. The van der Waals surface area contributed by atoms with Crippen molar-refractivity contribution in [2.45, 2.75) is 13.8 Å². The summed E-state index contributed by atoms with van der Waals surface area (Å²) in [5, 5.41) is 3.28. The highest BCUT2D eigenvalue weighted by Gasteiger charge is 2.20. The molecule has 5 nitrogen and oxygen atoms in total. The van der Waals surface area contributed by atoms with Gasteiger partial charge in [-0.1, -0.05) is 29.3 Å². The number of nitrogens with zero attached hydrogens (tertiary/aromatic N) is 1. The van der Waals surface area contributed by atoms with E-state index >= 15 is 0 Å². The SMILES string of the molecule is Cc1cc(C(=O)N(C)CC(=O)Nc2c(Cl)cccc2Cl)c(C)o1. The maximum absolute atomic E-state index is 12.3. The van der Waals surface area contributed by atoms with E-state index < -0.39 is 5.91 Å². The Labute approximate surface area is 144 Å². The van der Waals surface area contributed by atoms with Gasteiger partial charge in [0.05, 0.1) is 27.8 Å². The minimum Gasteiger partial charge on any atom is -0.466 e. The monoisotopic (exact) mass is 354 g/mol. The van der Waals surface area contributed by atoms with Crippen molar-refractivity contribution < 1.29 is 14.0 Å². The topological polar surface area (TPSA) is 62.6 Å². The van der Waals surface area contributed by atoms with Crippen LogP contribution in [-0.4, -0.2) is 30.3 Å². The summed E-state index contributed by atoms with van der Waals surface area (Å²) in [4.78, 5) is 25.7. The Morgan fingerprint density at radius 3 is 2.35 bits per heavy atom. The molecule has 0 saturated carbocycles. The highest BCUT2D eigenvalue weighted by molar-refractivity contribution is 6.39. The Balaban J connectivity index is 2.05. The molecule has 7 heteroatoms. The molecule has 0 radical (unpaired) electrons. The van der Waals surface area contributed by atoms with E-state index in [0.29, 0.717) is 32.8 Å². The first-order valence-corrected chi connectivity index (χ1v) is 7.61. The molecule has 0 bridgehead atoms. The number of aryl methyl sites for hydroxylation is 2. The molecule has 0 saturated heterocycles. The first kappa shape index (κ1) is 17.4. The van der Waals surface area contributed by atoms with Crippen molar-refractivity contribution in [3.8, 4) is 0 Å². The third-order valence-corrected chi connectivity index (χ3v) is 3.86. The highest BCUT2D eigenvalue weighted by atomic mass is 35.5. The lowest BCUT2D eigenvalue weighted by Gasteiger charge is -2.17. The predicted octanol–water partition coefficient (Wildman–Crippen LogP) is 3.91. The van der Waals surface area contributed by atoms with Crippen LogP contribution in [0.15, 0.2) is 28.7 Å². The second-order valence-electron chi connectivity index (χ2n) is 5.13. The van der Waals surface area contributed by atoms with Crippen molar-refractivity contribution in [2.75, 3.05) is 18.9 Å². The third-order valence-electron chi connectivity index (χ3n) is 3.23. The van der Waals surface area contributed by atoms with E-state index in [0.717, 1.165) is 0 Å². The minimum absolute atomic E-state index is 0.135. The second-order valence-corrected chi connectivity index (χ2v) is 5.95. The van der Waals surface area contributed by atoms with Gasteiger partial charge in [-0.3, -0.25) is 9.59 Å². The van der Waals surface area contributed by atoms with Gasteiger partial charge in [0.15, 0.2) is 0 Å². The Morgan fingerprint density at radius 1 is 1.22 bits per heavy atom. The fraction of sp³-hybridized carbons (Fsp3) is 0.250. The van der Waals surface area contributed by atoms with Crippen LogP contribution in [0.5, 0.6) is 0 Å². The van der Waals surface area contributed by atoms with E-state index in [4.69, 9.17) is 27.6 Å². The van der Waals surface area contributed by atoms with E-state index in [1.807, 2.05) is 0 Å². The maximum Gasteiger partial charge on any atom is 0.257 e. The molecule has 2 aromatic rings. The molecular formula is C16H16Cl2N2O3. The number of para-hydroxylation sites is 1. The van der Waals surface area contributed by atoms with Gasteiger partial charge in [0.2, 0.25) is 5.91 Å². The molecule has 0 unspecified atom stereocenters. The fourth-order valence-corrected chi connectivity index (χ4v) is 2.62. The largest absolute Gasteiger partial charge is 0.466 e. The average molecular weight is 355 g/mol. The van der Waals surface area contributed by atoms with E-state index in [-0.39, 0.29) is 12.5 Å². The van der Waals surface area contributed by atoms with Crippen molar-refractivity contribution >= 4 is 40.7 Å². The zero-order valence-corrected chi connectivity index (χ0v) is 14.5. The van der Waals surface area contributed by atoms with Crippen molar-refractivity contribution in [3.05, 3.63) is 51.4 Å². The highest BCUT2D eigenvalue weighted by Crippen LogP contribution is 2.29. The molecular weight excluding hydrogens is 339 g/mol. The molecule has 1 aromatic carbocycles. The van der Waals surface area contributed by atoms with Crippen molar-refractivity contribution in [1.29, 1.82) is 0 Å². The van der Waals surface area contributed by atoms with Crippen LogP contribution < -0.4 is 5.32 Å². The summed E-state index contributed by atoms with van der Waals surface area (Å²) < 4.78 is 5.33. The maximum atomic E-state index is 12.3. The Bertz CT molecular complexity index is 736. The van der Waals surface area contributed by atoms with E-state index in [1.54, 1.807) is 38.1 Å². The summed E-state index contributed by atoms with van der Waals surface area (Å²) in [6.07, 6.45) is 0. The average Bonchev–Trinajstić information content (AvgIpc) is 2.81.